The summed E-state index contributed by atoms with van der Waals surface area (Å²) >= 11 is 0. The van der Waals surface area contributed by atoms with Crippen LogP contribution in [0.15, 0.2) is 66.1 Å². The summed E-state index contributed by atoms with van der Waals surface area (Å²) in [7, 11) is 1.76. The van der Waals surface area contributed by atoms with Crippen molar-refractivity contribution in [3.05, 3.63) is 66.1 Å². The summed E-state index contributed by atoms with van der Waals surface area (Å²) in [5.41, 5.74) is 4.68. The third-order valence-corrected chi connectivity index (χ3v) is 11.1. The Morgan fingerprint density at radius 3 is 2.43 bits per heavy atom. The number of allylic oxidation sites excluding steroid dienone is 3. The van der Waals surface area contributed by atoms with Crippen LogP contribution >= 0.6 is 0 Å². The largest absolute Gasteiger partial charge is 0.497 e. The molecule has 6 rings (SSSR count). The van der Waals surface area contributed by atoms with E-state index in [0.717, 1.165) is 93.0 Å². The fourth-order valence-electron chi connectivity index (χ4n) is 8.32. The van der Waals surface area contributed by atoms with E-state index in [9.17, 15) is 9.90 Å². The van der Waals surface area contributed by atoms with E-state index < -0.39 is 0 Å². The minimum Gasteiger partial charge on any atom is -0.497 e. The number of aliphatic hydroxyl groups is 1. The van der Waals surface area contributed by atoms with Crippen molar-refractivity contribution in [3.8, 4) is 11.1 Å². The van der Waals surface area contributed by atoms with Crippen molar-refractivity contribution < 1.29 is 14.6 Å². The molecule has 0 spiro atoms. The second-order valence-electron chi connectivity index (χ2n) is 14.2. The smallest absolute Gasteiger partial charge is 0.230 e. The van der Waals surface area contributed by atoms with Crippen LogP contribution in [0.5, 0.6) is 0 Å². The molecule has 44 heavy (non-hydrogen) atoms. The highest BCUT2D eigenvalue weighted by Crippen LogP contribution is 2.47. The van der Waals surface area contributed by atoms with Crippen LogP contribution in [-0.2, 0) is 9.53 Å². The Labute approximate surface area is 264 Å². The van der Waals surface area contributed by atoms with Gasteiger partial charge in [0.2, 0.25) is 5.91 Å². The minimum absolute atomic E-state index is 0.0177. The average Bonchev–Trinajstić information content (AvgIpc) is 3.60. The first-order valence-corrected chi connectivity index (χ1v) is 17.1. The number of pyridine rings is 1. The van der Waals surface area contributed by atoms with Crippen LogP contribution in [0.1, 0.15) is 84.5 Å². The second-order valence-corrected chi connectivity index (χ2v) is 14.2. The predicted molar refractivity (Wildman–Crippen MR) is 178 cm³/mol. The molecular weight excluding hydrogens is 546 g/mol. The molecule has 1 saturated heterocycles. The molecule has 1 atom stereocenters. The van der Waals surface area contributed by atoms with E-state index in [1.807, 2.05) is 6.20 Å². The number of methoxy groups -OCH3 is 1. The fourth-order valence-corrected chi connectivity index (χ4v) is 8.32. The number of hydrogen-bond acceptors (Lipinski definition) is 5. The molecule has 6 nitrogen and oxygen atoms in total. The van der Waals surface area contributed by atoms with Crippen LogP contribution in [-0.4, -0.2) is 48.8 Å². The van der Waals surface area contributed by atoms with Crippen LogP contribution in [0.25, 0.3) is 11.1 Å². The molecular formula is C38H51N3O3. The summed E-state index contributed by atoms with van der Waals surface area (Å²) in [6, 6.07) is 12.8. The number of carbonyl (C=O) groups is 1. The minimum atomic E-state index is -0.268. The van der Waals surface area contributed by atoms with Crippen molar-refractivity contribution in [3.63, 3.8) is 0 Å². The van der Waals surface area contributed by atoms with Gasteiger partial charge in [-0.2, -0.15) is 0 Å². The molecule has 6 heteroatoms. The van der Waals surface area contributed by atoms with Gasteiger partial charge in [-0.3, -0.25) is 4.79 Å². The Kier molecular flexibility index (Phi) is 9.46. The fraction of sp³-hybridized carbons (Fsp3) is 0.579. The van der Waals surface area contributed by atoms with E-state index in [4.69, 9.17) is 9.72 Å². The number of aromatic nitrogens is 1. The summed E-state index contributed by atoms with van der Waals surface area (Å²) in [4.78, 5) is 23.4. The van der Waals surface area contributed by atoms with E-state index in [2.05, 4.69) is 72.2 Å². The number of anilines is 2. The Balaban J connectivity index is 1.18. The molecule has 2 heterocycles. The van der Waals surface area contributed by atoms with Crippen molar-refractivity contribution in [1.29, 1.82) is 0 Å². The molecule has 1 aromatic carbocycles. The van der Waals surface area contributed by atoms with Gasteiger partial charge in [-0.1, -0.05) is 25.1 Å². The summed E-state index contributed by atoms with van der Waals surface area (Å²) in [6.45, 7) is 7.54. The van der Waals surface area contributed by atoms with E-state index in [-0.39, 0.29) is 23.3 Å². The maximum atomic E-state index is 14.2. The zero-order chi connectivity index (χ0) is 30.7. The first-order valence-electron chi connectivity index (χ1n) is 17.1. The highest BCUT2D eigenvalue weighted by Gasteiger charge is 2.38. The third-order valence-electron chi connectivity index (χ3n) is 11.1. The molecule has 3 fully saturated rings. The second kappa shape index (κ2) is 13.5. The zero-order valence-corrected chi connectivity index (χ0v) is 27.0. The van der Waals surface area contributed by atoms with Gasteiger partial charge in [0.05, 0.1) is 13.2 Å². The molecule has 4 aliphatic rings. The number of hydrogen-bond donors (Lipinski definition) is 1. The van der Waals surface area contributed by atoms with Gasteiger partial charge in [0.25, 0.3) is 0 Å². The number of rotatable bonds is 8. The van der Waals surface area contributed by atoms with Gasteiger partial charge in [0, 0.05) is 43.0 Å². The molecule has 3 aliphatic carbocycles. The monoisotopic (exact) mass is 597 g/mol. The van der Waals surface area contributed by atoms with Crippen LogP contribution in [0.3, 0.4) is 0 Å². The Bertz CT molecular complexity index is 1350. The highest BCUT2D eigenvalue weighted by atomic mass is 16.5. The number of nitrogens with zero attached hydrogens (tertiary/aromatic N) is 3. The van der Waals surface area contributed by atoms with Gasteiger partial charge in [0.1, 0.15) is 11.6 Å². The van der Waals surface area contributed by atoms with Crippen LogP contribution in [0, 0.1) is 23.2 Å². The number of benzene rings is 1. The Hall–Kier alpha value is -3.12. The predicted octanol–water partition coefficient (Wildman–Crippen LogP) is 7.93. The summed E-state index contributed by atoms with van der Waals surface area (Å²) in [6.07, 6.45) is 17.4. The Morgan fingerprint density at radius 2 is 1.77 bits per heavy atom. The van der Waals surface area contributed by atoms with E-state index in [1.165, 1.54) is 31.3 Å². The topological polar surface area (TPSA) is 65.9 Å². The van der Waals surface area contributed by atoms with Crippen LogP contribution in [0.4, 0.5) is 11.5 Å². The molecule has 0 radical (unpaired) electrons. The lowest BCUT2D eigenvalue weighted by Gasteiger charge is -2.43. The highest BCUT2D eigenvalue weighted by molar-refractivity contribution is 5.95. The average molecular weight is 598 g/mol. The van der Waals surface area contributed by atoms with Gasteiger partial charge in [-0.05, 0) is 136 Å². The normalized spacial score (nSPS) is 29.1. The standard InChI is InChI=1S/C38H51N3O3/c1-27-24-38(2,20-19-35(27)44-3)32-14-9-28(10-15-32)26-41(37(43)29-11-16-34(42)17-12-29)33-8-6-7-30(23-33)31-13-18-36(39-25-31)40-21-4-5-22-40/h6-8,13,18-20,23,25,28-29,32,34,42H,4-5,9-12,14-17,21-22,24,26H2,1-3H3. The third kappa shape index (κ3) is 6.75. The summed E-state index contributed by atoms with van der Waals surface area (Å²) < 4.78 is 5.56. The van der Waals surface area contributed by atoms with Gasteiger partial charge in [0.15, 0.2) is 0 Å². The van der Waals surface area contributed by atoms with Crippen molar-refractivity contribution in [2.24, 2.45) is 23.2 Å². The van der Waals surface area contributed by atoms with Crippen molar-refractivity contribution in [2.45, 2.75) is 90.6 Å². The van der Waals surface area contributed by atoms with Crippen molar-refractivity contribution in [1.82, 2.24) is 4.98 Å². The summed E-state index contributed by atoms with van der Waals surface area (Å²) in [5.74, 6) is 3.41. The van der Waals surface area contributed by atoms with Gasteiger partial charge in [-0.25, -0.2) is 4.98 Å². The molecule has 1 aliphatic heterocycles. The van der Waals surface area contributed by atoms with E-state index >= 15 is 0 Å². The van der Waals surface area contributed by atoms with Gasteiger partial charge >= 0.3 is 0 Å². The molecule has 1 unspecified atom stereocenters. The van der Waals surface area contributed by atoms with Crippen molar-refractivity contribution in [2.75, 3.05) is 36.5 Å². The maximum Gasteiger partial charge on any atom is 0.230 e. The first kappa shape index (κ1) is 30.9. The van der Waals surface area contributed by atoms with Crippen LogP contribution in [0.2, 0.25) is 0 Å². The molecule has 1 amide bonds. The summed E-state index contributed by atoms with van der Waals surface area (Å²) in [5, 5.41) is 10.1. The van der Waals surface area contributed by atoms with E-state index in [0.29, 0.717) is 11.8 Å². The van der Waals surface area contributed by atoms with Crippen LogP contribution < -0.4 is 9.80 Å². The van der Waals surface area contributed by atoms with Gasteiger partial charge in [-0.15, -0.1) is 0 Å². The van der Waals surface area contributed by atoms with Gasteiger partial charge < -0.3 is 19.6 Å². The molecule has 2 aromatic rings. The Morgan fingerprint density at radius 1 is 1.02 bits per heavy atom. The molecule has 1 aromatic heterocycles. The lowest BCUT2D eigenvalue weighted by molar-refractivity contribution is -0.124. The lowest BCUT2D eigenvalue weighted by atomic mass is 9.64. The molecule has 0 bridgehead atoms. The lowest BCUT2D eigenvalue weighted by Crippen LogP contribution is -2.42. The zero-order valence-electron chi connectivity index (χ0n) is 27.0. The molecule has 236 valence electrons. The first-order chi connectivity index (χ1) is 21.3. The molecule has 1 N–H and O–H groups in total. The quantitative estimate of drug-likeness (QED) is 0.335. The van der Waals surface area contributed by atoms with E-state index in [1.54, 1.807) is 7.11 Å². The number of ether oxygens (including phenoxy) is 1. The number of amides is 1. The number of carbonyl (C=O) groups excluding carboxylic acids is 1. The SMILES string of the molecule is COC1=C(C)CC(C)(C2CCC(CN(C(=O)C3CCC(O)CC3)c3cccc(-c4ccc(N5CCCC5)nc4)c3)CC2)C=C1. The number of aliphatic hydroxyl groups excluding tert-OH is 1. The molecule has 2 saturated carbocycles. The maximum absolute atomic E-state index is 14.2. The van der Waals surface area contributed by atoms with Crippen molar-refractivity contribution >= 4 is 17.4 Å².